The molecule has 1 fully saturated rings. The van der Waals surface area contributed by atoms with Crippen molar-refractivity contribution in [3.8, 4) is 0 Å². The second kappa shape index (κ2) is 10.5. The first-order chi connectivity index (χ1) is 12.9. The molecule has 0 radical (unpaired) electrons. The summed E-state index contributed by atoms with van der Waals surface area (Å²) in [5.41, 5.74) is 2.06. The van der Waals surface area contributed by atoms with Crippen LogP contribution < -0.4 is 10.6 Å². The first kappa shape index (κ1) is 21.5. The van der Waals surface area contributed by atoms with Crippen molar-refractivity contribution in [2.24, 2.45) is 10.9 Å². The Balaban J connectivity index is 1.73. The molecular formula is C19H30F3N5. The average Bonchev–Trinajstić information content (AvgIpc) is 2.61. The number of alkyl halides is 3. The van der Waals surface area contributed by atoms with E-state index in [0.29, 0.717) is 25.6 Å². The minimum atomic E-state index is -4.10. The molecule has 2 rings (SSSR count). The molecule has 0 aromatic carbocycles. The summed E-state index contributed by atoms with van der Waals surface area (Å²) in [4.78, 5) is 10.4. The lowest BCUT2D eigenvalue weighted by atomic mass is 9.93. The van der Waals surface area contributed by atoms with E-state index < -0.39 is 12.7 Å². The van der Waals surface area contributed by atoms with Crippen molar-refractivity contribution in [2.45, 2.75) is 45.8 Å². The van der Waals surface area contributed by atoms with Gasteiger partial charge >= 0.3 is 6.18 Å². The van der Waals surface area contributed by atoms with E-state index in [4.69, 9.17) is 0 Å². The monoisotopic (exact) mass is 385 g/mol. The molecule has 1 aliphatic heterocycles. The molecule has 152 valence electrons. The summed E-state index contributed by atoms with van der Waals surface area (Å²) in [6.07, 6.45) is 0.241. The van der Waals surface area contributed by atoms with Crippen LogP contribution in [0.25, 0.3) is 0 Å². The fourth-order valence-corrected chi connectivity index (χ4v) is 3.26. The van der Waals surface area contributed by atoms with Gasteiger partial charge in [0, 0.05) is 19.3 Å². The van der Waals surface area contributed by atoms with Gasteiger partial charge in [-0.15, -0.1) is 0 Å². The largest absolute Gasteiger partial charge is 0.401 e. The number of nitrogens with one attached hydrogen (secondary N) is 2. The maximum Gasteiger partial charge on any atom is 0.401 e. The van der Waals surface area contributed by atoms with E-state index >= 15 is 0 Å². The Kier molecular flexibility index (Phi) is 8.34. The minimum absolute atomic E-state index is 0.461. The molecular weight excluding hydrogens is 355 g/mol. The summed E-state index contributed by atoms with van der Waals surface area (Å²) in [7, 11) is 0. The lowest BCUT2D eigenvalue weighted by molar-refractivity contribution is -0.148. The highest BCUT2D eigenvalue weighted by Gasteiger charge is 2.32. The summed E-state index contributed by atoms with van der Waals surface area (Å²) < 4.78 is 37.3. The van der Waals surface area contributed by atoms with E-state index in [1.54, 1.807) is 6.20 Å². The Labute approximate surface area is 159 Å². The summed E-state index contributed by atoms with van der Waals surface area (Å²) >= 11 is 0. The predicted molar refractivity (Wildman–Crippen MR) is 102 cm³/mol. The molecule has 1 aromatic heterocycles. The van der Waals surface area contributed by atoms with Crippen LogP contribution in [0.5, 0.6) is 0 Å². The molecule has 1 aromatic rings. The Morgan fingerprint density at radius 1 is 1.30 bits per heavy atom. The maximum absolute atomic E-state index is 12.4. The van der Waals surface area contributed by atoms with Crippen molar-refractivity contribution >= 4 is 5.96 Å². The second-order valence-electron chi connectivity index (χ2n) is 7.01. The molecule has 8 heteroatoms. The lowest BCUT2D eigenvalue weighted by Crippen LogP contribution is -2.41. The van der Waals surface area contributed by atoms with Crippen molar-refractivity contribution in [3.05, 3.63) is 29.6 Å². The standard InChI is InChI=1S/C19H30F3N5/c1-3-23-18(26-13-17-15(2)5-4-9-24-17)25-10-6-16-7-11-27(12-8-16)14-19(20,21)22/h4-5,9,16H,3,6-8,10-14H2,1-2H3,(H2,23,25,26). The highest BCUT2D eigenvalue weighted by atomic mass is 19.4. The van der Waals surface area contributed by atoms with E-state index in [2.05, 4.69) is 20.6 Å². The van der Waals surface area contributed by atoms with Crippen molar-refractivity contribution < 1.29 is 13.2 Å². The predicted octanol–water partition coefficient (Wildman–Crippen LogP) is 3.11. The fraction of sp³-hybridized carbons (Fsp3) is 0.684. The van der Waals surface area contributed by atoms with Gasteiger partial charge in [0.25, 0.3) is 0 Å². The highest BCUT2D eigenvalue weighted by molar-refractivity contribution is 5.79. The van der Waals surface area contributed by atoms with Gasteiger partial charge in [-0.1, -0.05) is 6.07 Å². The molecule has 5 nitrogen and oxygen atoms in total. The number of hydrogen-bond donors (Lipinski definition) is 2. The number of nitrogens with zero attached hydrogens (tertiary/aromatic N) is 3. The van der Waals surface area contributed by atoms with Crippen molar-refractivity contribution in [1.82, 2.24) is 20.5 Å². The van der Waals surface area contributed by atoms with E-state index in [0.717, 1.165) is 49.6 Å². The number of aromatic nitrogens is 1. The number of rotatable bonds is 7. The van der Waals surface area contributed by atoms with E-state index in [1.807, 2.05) is 26.0 Å². The first-order valence-electron chi connectivity index (χ1n) is 9.59. The smallest absolute Gasteiger partial charge is 0.357 e. The summed E-state index contributed by atoms with van der Waals surface area (Å²) in [6.45, 7) is 6.33. The Bertz CT molecular complexity index is 595. The van der Waals surface area contributed by atoms with Crippen LogP contribution >= 0.6 is 0 Å². The van der Waals surface area contributed by atoms with Gasteiger partial charge in [0.05, 0.1) is 18.8 Å². The number of pyridine rings is 1. The molecule has 1 aliphatic rings. The number of halogens is 3. The summed E-state index contributed by atoms with van der Waals surface area (Å²) in [5, 5.41) is 6.55. The fourth-order valence-electron chi connectivity index (χ4n) is 3.26. The molecule has 0 saturated carbocycles. The number of aryl methyl sites for hydroxylation is 1. The zero-order chi connectivity index (χ0) is 19.7. The first-order valence-corrected chi connectivity index (χ1v) is 9.59. The Morgan fingerprint density at radius 2 is 2.04 bits per heavy atom. The number of piperidine rings is 1. The third-order valence-corrected chi connectivity index (χ3v) is 4.80. The van der Waals surface area contributed by atoms with Gasteiger partial charge in [-0.2, -0.15) is 13.2 Å². The van der Waals surface area contributed by atoms with Crippen LogP contribution in [0.4, 0.5) is 13.2 Å². The topological polar surface area (TPSA) is 52.6 Å². The average molecular weight is 385 g/mol. The molecule has 0 atom stereocenters. The van der Waals surface area contributed by atoms with Gasteiger partial charge in [0.15, 0.2) is 5.96 Å². The van der Waals surface area contributed by atoms with Gasteiger partial charge in [0.1, 0.15) is 0 Å². The van der Waals surface area contributed by atoms with E-state index in [-0.39, 0.29) is 0 Å². The second-order valence-corrected chi connectivity index (χ2v) is 7.01. The normalized spacial score (nSPS) is 17.1. The molecule has 2 N–H and O–H groups in total. The number of likely N-dealkylation sites (tertiary alicyclic amines) is 1. The third-order valence-electron chi connectivity index (χ3n) is 4.80. The molecule has 27 heavy (non-hydrogen) atoms. The van der Waals surface area contributed by atoms with Gasteiger partial charge in [-0.05, 0) is 63.7 Å². The van der Waals surface area contributed by atoms with E-state index in [1.165, 1.54) is 4.90 Å². The minimum Gasteiger partial charge on any atom is -0.357 e. The van der Waals surface area contributed by atoms with Gasteiger partial charge < -0.3 is 10.6 Å². The molecule has 1 saturated heterocycles. The van der Waals surface area contributed by atoms with Crippen molar-refractivity contribution in [1.29, 1.82) is 0 Å². The molecule has 0 unspecified atom stereocenters. The summed E-state index contributed by atoms with van der Waals surface area (Å²) in [5.74, 6) is 1.21. The SMILES string of the molecule is CCNC(=NCc1ncccc1C)NCCC1CCN(CC(F)(F)F)CC1. The third kappa shape index (κ3) is 8.15. The lowest BCUT2D eigenvalue weighted by Gasteiger charge is -2.32. The van der Waals surface area contributed by atoms with Crippen LogP contribution in [0.15, 0.2) is 23.3 Å². The van der Waals surface area contributed by atoms with Gasteiger partial charge in [0.2, 0.25) is 0 Å². The van der Waals surface area contributed by atoms with Crippen LogP contribution in [0.3, 0.4) is 0 Å². The van der Waals surface area contributed by atoms with Crippen molar-refractivity contribution in [3.63, 3.8) is 0 Å². The Morgan fingerprint density at radius 3 is 2.67 bits per heavy atom. The van der Waals surface area contributed by atoms with Gasteiger partial charge in [-0.3, -0.25) is 9.88 Å². The molecule has 0 spiro atoms. The van der Waals surface area contributed by atoms with E-state index in [9.17, 15) is 13.2 Å². The molecule has 0 amide bonds. The highest BCUT2D eigenvalue weighted by Crippen LogP contribution is 2.23. The maximum atomic E-state index is 12.4. The number of aliphatic imine (C=N–C) groups is 1. The quantitative estimate of drug-likeness (QED) is 0.559. The summed E-state index contributed by atoms with van der Waals surface area (Å²) in [6, 6.07) is 3.93. The van der Waals surface area contributed by atoms with Crippen LogP contribution in [0, 0.1) is 12.8 Å². The zero-order valence-corrected chi connectivity index (χ0v) is 16.1. The van der Waals surface area contributed by atoms with Crippen LogP contribution in [0.2, 0.25) is 0 Å². The number of guanidine groups is 1. The van der Waals surface area contributed by atoms with Gasteiger partial charge in [-0.25, -0.2) is 4.99 Å². The Hall–Kier alpha value is -1.83. The number of hydrogen-bond acceptors (Lipinski definition) is 3. The zero-order valence-electron chi connectivity index (χ0n) is 16.1. The molecule has 2 heterocycles. The van der Waals surface area contributed by atoms with Crippen LogP contribution in [0.1, 0.15) is 37.4 Å². The van der Waals surface area contributed by atoms with Crippen LogP contribution in [-0.2, 0) is 6.54 Å². The van der Waals surface area contributed by atoms with Crippen molar-refractivity contribution in [2.75, 3.05) is 32.7 Å². The molecule has 0 aliphatic carbocycles. The van der Waals surface area contributed by atoms with Crippen LogP contribution in [-0.4, -0.2) is 54.7 Å². The molecule has 0 bridgehead atoms.